The molecule has 1 amide bonds. The Labute approximate surface area is 189 Å². The van der Waals surface area contributed by atoms with Gasteiger partial charge >= 0.3 is 0 Å². The highest BCUT2D eigenvalue weighted by Gasteiger charge is 2.25. The molecule has 0 radical (unpaired) electrons. The van der Waals surface area contributed by atoms with Crippen LogP contribution in [0.15, 0.2) is 79.0 Å². The van der Waals surface area contributed by atoms with Crippen LogP contribution in [-0.2, 0) is 9.53 Å². The summed E-state index contributed by atoms with van der Waals surface area (Å²) in [7, 11) is 1.55. The molecular weight excluding hydrogens is 400 g/mol. The molecule has 1 aromatic heterocycles. The first kappa shape index (κ1) is 22.0. The van der Waals surface area contributed by atoms with Crippen LogP contribution in [0.25, 0.3) is 6.08 Å². The number of carbonyl (C=O) groups excluding carboxylic acids is 1. The van der Waals surface area contributed by atoms with E-state index in [0.717, 1.165) is 43.9 Å². The zero-order valence-corrected chi connectivity index (χ0v) is 18.4. The summed E-state index contributed by atoms with van der Waals surface area (Å²) in [6.45, 7) is 2.94. The van der Waals surface area contributed by atoms with E-state index in [-0.39, 0.29) is 11.9 Å². The number of carbonyl (C=O) groups is 1. The van der Waals surface area contributed by atoms with Crippen molar-refractivity contribution in [1.29, 1.82) is 0 Å². The van der Waals surface area contributed by atoms with E-state index in [1.165, 1.54) is 5.56 Å². The van der Waals surface area contributed by atoms with Crippen molar-refractivity contribution in [2.75, 3.05) is 32.1 Å². The van der Waals surface area contributed by atoms with Crippen LogP contribution in [0, 0.1) is 0 Å². The molecule has 1 N–H and O–H groups in total. The van der Waals surface area contributed by atoms with Crippen LogP contribution in [0.4, 0.5) is 5.82 Å². The van der Waals surface area contributed by atoms with E-state index < -0.39 is 6.10 Å². The van der Waals surface area contributed by atoms with Gasteiger partial charge in [0.25, 0.3) is 5.91 Å². The number of aromatic nitrogens is 2. The van der Waals surface area contributed by atoms with Gasteiger partial charge in [0.15, 0.2) is 6.10 Å². The Morgan fingerprint density at radius 3 is 2.47 bits per heavy atom. The van der Waals surface area contributed by atoms with E-state index in [1.807, 2.05) is 47.1 Å². The van der Waals surface area contributed by atoms with Crippen LogP contribution in [0.3, 0.4) is 0 Å². The Kier molecular flexibility index (Phi) is 7.48. The van der Waals surface area contributed by atoms with Gasteiger partial charge in [0.1, 0.15) is 5.82 Å². The monoisotopic (exact) mass is 430 g/mol. The molecule has 0 spiro atoms. The predicted octanol–water partition coefficient (Wildman–Crippen LogP) is 4.56. The Balaban J connectivity index is 1.32. The highest BCUT2D eigenvalue weighted by molar-refractivity contribution is 5.94. The van der Waals surface area contributed by atoms with Gasteiger partial charge in [-0.1, -0.05) is 72.8 Å². The number of nitrogens with zero attached hydrogens (tertiary/aromatic N) is 3. The van der Waals surface area contributed by atoms with E-state index in [9.17, 15) is 4.79 Å². The number of hydrogen-bond donors (Lipinski definition) is 1. The van der Waals surface area contributed by atoms with Crippen molar-refractivity contribution >= 4 is 17.8 Å². The van der Waals surface area contributed by atoms with E-state index >= 15 is 0 Å². The van der Waals surface area contributed by atoms with Crippen molar-refractivity contribution in [3.8, 4) is 0 Å². The van der Waals surface area contributed by atoms with Gasteiger partial charge in [0, 0.05) is 32.8 Å². The van der Waals surface area contributed by atoms with Crippen LogP contribution in [0.2, 0.25) is 0 Å². The summed E-state index contributed by atoms with van der Waals surface area (Å²) in [6.07, 6.45) is 7.48. The Hall–Kier alpha value is -3.22. The number of nitrogens with one attached hydrogen (secondary N) is 1. The number of hydrogen-bond acceptors (Lipinski definition) is 4. The first-order chi connectivity index (χ1) is 15.7. The molecule has 1 saturated heterocycles. The topological polar surface area (TPSA) is 59.4 Å². The number of amides is 1. The summed E-state index contributed by atoms with van der Waals surface area (Å²) in [6, 6.07) is 22.0. The minimum atomic E-state index is -0.655. The van der Waals surface area contributed by atoms with Gasteiger partial charge in [-0.25, -0.2) is 4.68 Å². The standard InChI is InChI=1S/C26H30N4O2/c1-32-25(22-12-6-3-7-13-22)26(31)28-24-14-17-27-30(24)23-15-19-29(20-16-23)18-8-11-21-9-4-2-5-10-21/h2-14,17,23,25H,15-16,18-20H2,1H3,(H,28,31)/b11-8+/t25-/m0/s1. The van der Waals surface area contributed by atoms with E-state index in [0.29, 0.717) is 0 Å². The van der Waals surface area contributed by atoms with E-state index in [2.05, 4.69) is 51.7 Å². The molecule has 6 nitrogen and oxygen atoms in total. The summed E-state index contributed by atoms with van der Waals surface area (Å²) >= 11 is 0. The van der Waals surface area contributed by atoms with Gasteiger partial charge in [0.05, 0.1) is 12.2 Å². The van der Waals surface area contributed by atoms with Crippen molar-refractivity contribution in [3.05, 3.63) is 90.1 Å². The summed E-state index contributed by atoms with van der Waals surface area (Å²) in [5, 5.41) is 7.52. The molecule has 2 aromatic carbocycles. The summed E-state index contributed by atoms with van der Waals surface area (Å²) in [4.78, 5) is 15.3. The normalized spacial score (nSPS) is 16.3. The number of ether oxygens (including phenoxy) is 1. The second kappa shape index (κ2) is 10.9. The molecule has 1 atom stereocenters. The number of likely N-dealkylation sites (tertiary alicyclic amines) is 1. The molecule has 32 heavy (non-hydrogen) atoms. The number of anilines is 1. The molecule has 1 aliphatic heterocycles. The largest absolute Gasteiger partial charge is 0.367 e. The number of methoxy groups -OCH3 is 1. The fourth-order valence-corrected chi connectivity index (χ4v) is 4.17. The maximum absolute atomic E-state index is 12.9. The lowest BCUT2D eigenvalue weighted by molar-refractivity contribution is -0.126. The summed E-state index contributed by atoms with van der Waals surface area (Å²) in [5.74, 6) is 0.527. The van der Waals surface area contributed by atoms with Crippen molar-refractivity contribution in [1.82, 2.24) is 14.7 Å². The van der Waals surface area contributed by atoms with Gasteiger partial charge in [-0.15, -0.1) is 0 Å². The van der Waals surface area contributed by atoms with Crippen molar-refractivity contribution in [2.24, 2.45) is 0 Å². The first-order valence-electron chi connectivity index (χ1n) is 11.1. The van der Waals surface area contributed by atoms with Gasteiger partial charge in [-0.05, 0) is 24.0 Å². The number of piperidine rings is 1. The molecule has 3 aromatic rings. The van der Waals surface area contributed by atoms with E-state index in [4.69, 9.17) is 4.74 Å². The molecule has 0 saturated carbocycles. The summed E-state index contributed by atoms with van der Waals surface area (Å²) in [5.41, 5.74) is 2.06. The zero-order valence-electron chi connectivity index (χ0n) is 18.4. The van der Waals surface area contributed by atoms with Crippen LogP contribution in [-0.4, -0.2) is 47.3 Å². The van der Waals surface area contributed by atoms with Crippen LogP contribution < -0.4 is 5.32 Å². The van der Waals surface area contributed by atoms with Gasteiger partial charge < -0.3 is 10.1 Å². The van der Waals surface area contributed by atoms with Gasteiger partial charge in [0.2, 0.25) is 0 Å². The fraction of sp³-hybridized carbons (Fsp3) is 0.308. The predicted molar refractivity (Wildman–Crippen MR) is 127 cm³/mol. The molecule has 1 aliphatic rings. The SMILES string of the molecule is CO[C@H](C(=O)Nc1ccnn1C1CCN(C/C=C/c2ccccc2)CC1)c1ccccc1. The van der Waals surface area contributed by atoms with Gasteiger partial charge in [-0.2, -0.15) is 5.10 Å². The lowest BCUT2D eigenvalue weighted by Gasteiger charge is -2.32. The zero-order chi connectivity index (χ0) is 22.2. The third-order valence-electron chi connectivity index (χ3n) is 5.87. The molecular formula is C26H30N4O2. The Morgan fingerprint density at radius 2 is 1.78 bits per heavy atom. The van der Waals surface area contributed by atoms with Crippen molar-refractivity contribution in [2.45, 2.75) is 25.0 Å². The molecule has 0 aliphatic carbocycles. The molecule has 1 fully saturated rings. The molecule has 0 bridgehead atoms. The third kappa shape index (κ3) is 5.52. The highest BCUT2D eigenvalue weighted by Crippen LogP contribution is 2.26. The average molecular weight is 431 g/mol. The molecule has 166 valence electrons. The molecule has 2 heterocycles. The lowest BCUT2D eigenvalue weighted by Crippen LogP contribution is -2.35. The Morgan fingerprint density at radius 1 is 1.09 bits per heavy atom. The summed E-state index contributed by atoms with van der Waals surface area (Å²) < 4.78 is 7.41. The van der Waals surface area contributed by atoms with Crippen LogP contribution >= 0.6 is 0 Å². The third-order valence-corrected chi connectivity index (χ3v) is 5.87. The molecule has 0 unspecified atom stereocenters. The molecule has 4 rings (SSSR count). The van der Waals surface area contributed by atoms with Crippen LogP contribution in [0.5, 0.6) is 0 Å². The van der Waals surface area contributed by atoms with E-state index in [1.54, 1.807) is 13.3 Å². The maximum Gasteiger partial charge on any atom is 0.259 e. The van der Waals surface area contributed by atoms with Crippen LogP contribution in [0.1, 0.15) is 36.1 Å². The quantitative estimate of drug-likeness (QED) is 0.569. The number of rotatable bonds is 8. The average Bonchev–Trinajstić information content (AvgIpc) is 3.29. The minimum absolute atomic E-state index is 0.191. The fourth-order valence-electron chi connectivity index (χ4n) is 4.17. The smallest absolute Gasteiger partial charge is 0.259 e. The maximum atomic E-state index is 12.9. The second-order valence-corrected chi connectivity index (χ2v) is 8.02. The van der Waals surface area contributed by atoms with Gasteiger partial charge in [-0.3, -0.25) is 9.69 Å². The van der Waals surface area contributed by atoms with Crippen molar-refractivity contribution < 1.29 is 9.53 Å². The first-order valence-corrected chi connectivity index (χ1v) is 11.1. The molecule has 6 heteroatoms. The van der Waals surface area contributed by atoms with Crippen molar-refractivity contribution in [3.63, 3.8) is 0 Å². The number of benzene rings is 2. The second-order valence-electron chi connectivity index (χ2n) is 8.02. The minimum Gasteiger partial charge on any atom is -0.367 e. The lowest BCUT2D eigenvalue weighted by atomic mass is 10.1. The highest BCUT2D eigenvalue weighted by atomic mass is 16.5. The Bertz CT molecular complexity index is 1010.